The monoisotopic (exact) mass is 703 g/mol. The van der Waals surface area contributed by atoms with Crippen molar-refractivity contribution in [1.29, 1.82) is 0 Å². The molecule has 0 saturated heterocycles. The first kappa shape index (κ1) is 35.9. The second-order valence-corrected chi connectivity index (χ2v) is 21.7. The smallest absolute Gasteiger partial charge is 0.414 e. The number of fused-ring (bicyclic) bond motifs is 1. The van der Waals surface area contributed by atoms with E-state index in [1.807, 2.05) is 0 Å². The first-order chi connectivity index (χ1) is 21.7. The number of imidazole rings is 1. The van der Waals surface area contributed by atoms with E-state index in [4.69, 9.17) is 22.9 Å². The van der Waals surface area contributed by atoms with E-state index >= 15 is 0 Å². The van der Waals surface area contributed by atoms with Gasteiger partial charge in [0.05, 0.1) is 17.1 Å². The van der Waals surface area contributed by atoms with E-state index in [1.54, 1.807) is 43.5 Å². The van der Waals surface area contributed by atoms with Crippen LogP contribution in [0.3, 0.4) is 0 Å². The topological polar surface area (TPSA) is 109 Å². The predicted molar refractivity (Wildman–Crippen MR) is 171 cm³/mol. The second kappa shape index (κ2) is 15.0. The maximum atomic E-state index is 13.6. The molecular weight excluding hydrogens is 653 g/mol. The van der Waals surface area contributed by atoms with Crippen LogP contribution in [0.4, 0.5) is 26.3 Å². The van der Waals surface area contributed by atoms with E-state index in [9.17, 15) is 30.9 Å². The lowest BCUT2D eigenvalue weighted by Crippen LogP contribution is -2.47. The van der Waals surface area contributed by atoms with Gasteiger partial charge < -0.3 is 29.6 Å². The molecule has 1 aliphatic carbocycles. The molecule has 8 nitrogen and oxygen atoms in total. The minimum absolute atomic E-state index is 0.0369. The van der Waals surface area contributed by atoms with Crippen LogP contribution in [0.15, 0.2) is 18.2 Å². The van der Waals surface area contributed by atoms with Crippen molar-refractivity contribution in [1.82, 2.24) is 19.6 Å². The summed E-state index contributed by atoms with van der Waals surface area (Å²) < 4.78 is 126. The molecule has 1 saturated carbocycles. The number of nitrogens with one attached hydrogen (secondary N) is 2. The summed E-state index contributed by atoms with van der Waals surface area (Å²) in [5.41, 5.74) is 6.58. The summed E-state index contributed by atoms with van der Waals surface area (Å²) in [4.78, 5) is 4.77. The van der Waals surface area contributed by atoms with Crippen LogP contribution >= 0.6 is 0 Å². The number of aromatic nitrogens is 2. The summed E-state index contributed by atoms with van der Waals surface area (Å²) in [5.74, 6) is 0.0466. The number of ether oxygens (including phenoxy) is 2. The van der Waals surface area contributed by atoms with Crippen molar-refractivity contribution < 1.29 is 43.1 Å². The van der Waals surface area contributed by atoms with E-state index in [-0.39, 0.29) is 18.5 Å². The number of alkyl halides is 6. The maximum Gasteiger partial charge on any atom is 0.414 e. The minimum atomic E-state index is -4.98. The van der Waals surface area contributed by atoms with Crippen molar-refractivity contribution in [2.75, 3.05) is 13.1 Å². The number of benzene rings is 1. The molecule has 0 amide bonds. The largest absolute Gasteiger partial charge is 0.598 e. The van der Waals surface area contributed by atoms with Gasteiger partial charge in [0.15, 0.2) is 6.10 Å². The first-order valence-electron chi connectivity index (χ1n) is 16.3. The third-order valence-electron chi connectivity index (χ3n) is 7.64. The highest BCUT2D eigenvalue weighted by Crippen LogP contribution is 2.42. The Labute approximate surface area is 274 Å². The van der Waals surface area contributed by atoms with Crippen molar-refractivity contribution >= 4 is 30.5 Å². The molecule has 1 fully saturated rings. The molecular formula is C30H49F6N5O3SSi. The Balaban J connectivity index is 2.12. The molecule has 0 aliphatic heterocycles. The van der Waals surface area contributed by atoms with E-state index in [2.05, 4.69) is 29.7 Å². The van der Waals surface area contributed by atoms with Crippen molar-refractivity contribution in [2.45, 2.75) is 127 Å². The Hall–Kier alpha value is -1.40. The molecule has 264 valence electrons. The molecule has 1 aromatic carbocycles. The predicted octanol–water partition coefficient (Wildman–Crippen LogP) is 6.73. The van der Waals surface area contributed by atoms with Gasteiger partial charge in [0.1, 0.15) is 29.4 Å². The third kappa shape index (κ3) is 11.1. The van der Waals surface area contributed by atoms with E-state index in [0.717, 1.165) is 13.0 Å². The molecule has 46 heavy (non-hydrogen) atoms. The molecule has 0 radical (unpaired) electrons. The van der Waals surface area contributed by atoms with Crippen LogP contribution in [-0.4, -0.2) is 70.6 Å². The van der Waals surface area contributed by atoms with Crippen LogP contribution in [0.1, 0.15) is 73.7 Å². The van der Waals surface area contributed by atoms with Crippen molar-refractivity contribution in [3.05, 3.63) is 29.6 Å². The Morgan fingerprint density at radius 1 is 1.13 bits per heavy atom. The molecule has 6 atom stereocenters. The van der Waals surface area contributed by atoms with Crippen molar-refractivity contribution in [2.24, 2.45) is 11.7 Å². The summed E-state index contributed by atoms with van der Waals surface area (Å²) in [6.45, 7) is 11.4. The van der Waals surface area contributed by atoms with Crippen LogP contribution in [0.2, 0.25) is 25.7 Å². The zero-order valence-corrected chi connectivity index (χ0v) is 29.4. The van der Waals surface area contributed by atoms with E-state index in [1.165, 1.54) is 6.92 Å². The van der Waals surface area contributed by atoms with E-state index in [0.29, 0.717) is 36.0 Å². The fourth-order valence-corrected chi connectivity index (χ4v) is 6.20. The summed E-state index contributed by atoms with van der Waals surface area (Å²) in [6.07, 6.45) is -11.6. The van der Waals surface area contributed by atoms with Crippen molar-refractivity contribution in [3.63, 3.8) is 0 Å². The molecule has 4 N–H and O–H groups in total. The SMILES string of the molecule is [2H]C([2H])(N[C@@H](c1ccc2c(c1)nc([C@@H](N[S+]([O-])C(C)(C)C)[C@@H](C)O[C@H](C)C(F)(F)F)n2COCC[Si](C)(C)C)C1CC1)C(N)C(F)(F)F. The van der Waals surface area contributed by atoms with Gasteiger partial charge in [0.25, 0.3) is 0 Å². The molecule has 0 bridgehead atoms. The van der Waals surface area contributed by atoms with Gasteiger partial charge in [0, 0.05) is 41.3 Å². The fourth-order valence-electron chi connectivity index (χ4n) is 4.56. The maximum absolute atomic E-state index is 13.6. The van der Waals surface area contributed by atoms with Gasteiger partial charge in [-0.05, 0) is 77.1 Å². The summed E-state index contributed by atoms with van der Waals surface area (Å²) >= 11 is -1.76. The Morgan fingerprint density at radius 3 is 2.28 bits per heavy atom. The number of hydrogen-bond acceptors (Lipinski definition) is 7. The van der Waals surface area contributed by atoms with Gasteiger partial charge in [-0.3, -0.25) is 0 Å². The lowest BCUT2D eigenvalue weighted by Gasteiger charge is -2.32. The van der Waals surface area contributed by atoms with Crippen molar-refractivity contribution in [3.8, 4) is 0 Å². The van der Waals surface area contributed by atoms with Gasteiger partial charge >= 0.3 is 12.4 Å². The normalized spacial score (nSPS) is 20.2. The Morgan fingerprint density at radius 2 is 1.76 bits per heavy atom. The highest BCUT2D eigenvalue weighted by atomic mass is 32.2. The zero-order valence-electron chi connectivity index (χ0n) is 29.6. The Kier molecular flexibility index (Phi) is 11.7. The fraction of sp³-hybridized carbons (Fsp3) is 0.767. The molecule has 0 spiro atoms. The average Bonchev–Trinajstić information content (AvgIpc) is 3.71. The van der Waals surface area contributed by atoms with Gasteiger partial charge in [-0.25, -0.2) is 4.98 Å². The van der Waals surface area contributed by atoms with Gasteiger partial charge in [-0.15, -0.1) is 4.72 Å². The van der Waals surface area contributed by atoms with Crippen LogP contribution in [0.25, 0.3) is 11.0 Å². The first-order valence-corrected chi connectivity index (χ1v) is 20.2. The van der Waals surface area contributed by atoms with E-state index < -0.39 is 73.4 Å². The zero-order chi connectivity index (χ0) is 36.6. The number of hydrogen-bond donors (Lipinski definition) is 3. The van der Waals surface area contributed by atoms with Crippen LogP contribution in [0.5, 0.6) is 0 Å². The quantitative estimate of drug-likeness (QED) is 0.0771. The lowest BCUT2D eigenvalue weighted by atomic mass is 10.0. The molecule has 1 aliphatic rings. The number of rotatable bonds is 16. The third-order valence-corrected chi connectivity index (χ3v) is 10.9. The summed E-state index contributed by atoms with van der Waals surface area (Å²) in [5, 5.41) is 2.49. The number of halogens is 6. The second-order valence-electron chi connectivity index (χ2n) is 14.1. The molecule has 16 heteroatoms. The highest BCUT2D eigenvalue weighted by molar-refractivity contribution is 7.90. The summed E-state index contributed by atoms with van der Waals surface area (Å²) in [7, 11) is -1.48. The molecule has 2 unspecified atom stereocenters. The summed E-state index contributed by atoms with van der Waals surface area (Å²) in [6, 6.07) is 1.07. The molecule has 1 heterocycles. The van der Waals surface area contributed by atoms with Gasteiger partial charge in [-0.1, -0.05) is 25.7 Å². The Bertz CT molecular complexity index is 1370. The van der Waals surface area contributed by atoms with Crippen LogP contribution in [-0.2, 0) is 27.6 Å². The minimum Gasteiger partial charge on any atom is -0.598 e. The standard InChI is InChI=1S/C30H49F6N5O3SSi/c1-18(44-19(2)29(31,32)33)25(40-45(42)28(3,4)5)27-39-22-15-21(26(20-9-10-20)38-16-24(37)30(34,35)36)11-12-23(22)41(27)17-43-13-14-46(6,7)8/h11-12,15,18-20,24-26,38,40H,9-10,13-14,16-17,37H2,1-8H3/t18-,19-,24?,25+,26-,45?/m1/s1/i16D2. The highest BCUT2D eigenvalue weighted by Gasteiger charge is 2.42. The molecule has 2 aromatic rings. The average molecular weight is 704 g/mol. The van der Waals surface area contributed by atoms with Gasteiger partial charge in [0.2, 0.25) is 0 Å². The lowest BCUT2D eigenvalue weighted by molar-refractivity contribution is -0.227. The number of nitrogens with zero attached hydrogens (tertiary/aromatic N) is 2. The van der Waals surface area contributed by atoms with Gasteiger partial charge in [-0.2, -0.15) is 26.3 Å². The number of nitrogens with two attached hydrogens (primary N) is 1. The molecule has 3 rings (SSSR count). The van der Waals surface area contributed by atoms with Crippen LogP contribution in [0, 0.1) is 5.92 Å². The van der Waals surface area contributed by atoms with Crippen LogP contribution < -0.4 is 15.8 Å². The molecule has 1 aromatic heterocycles.